The molecule has 6 rings (SSSR count). The third-order valence-corrected chi connectivity index (χ3v) is 8.72. The highest BCUT2D eigenvalue weighted by atomic mass is 79.9. The van der Waals surface area contributed by atoms with Crippen molar-refractivity contribution in [3.63, 3.8) is 0 Å². The summed E-state index contributed by atoms with van der Waals surface area (Å²) in [6.07, 6.45) is 1.51. The van der Waals surface area contributed by atoms with Crippen LogP contribution in [-0.2, 0) is 6.61 Å². The topological polar surface area (TPSA) is 78.9 Å². The van der Waals surface area contributed by atoms with Crippen LogP contribution in [0.1, 0.15) is 18.1 Å². The van der Waals surface area contributed by atoms with E-state index in [-0.39, 0.29) is 23.0 Å². The molecule has 0 spiro atoms. The van der Waals surface area contributed by atoms with Gasteiger partial charge in [-0.15, -0.1) is 0 Å². The van der Waals surface area contributed by atoms with Crippen LogP contribution in [0.25, 0.3) is 33.5 Å². The van der Waals surface area contributed by atoms with E-state index < -0.39 is 0 Å². The maximum Gasteiger partial charge on any atom is 0.282 e. The fourth-order valence-electron chi connectivity index (χ4n) is 4.48. The second-order valence-corrected chi connectivity index (χ2v) is 11.3. The number of nitrogens with zero attached hydrogens (tertiary/aromatic N) is 3. The van der Waals surface area contributed by atoms with Crippen molar-refractivity contribution in [1.82, 2.24) is 9.66 Å². The molecule has 2 heterocycles. The van der Waals surface area contributed by atoms with E-state index in [0.717, 1.165) is 10.9 Å². The lowest BCUT2D eigenvalue weighted by molar-refractivity contribution is 0.269. The largest absolute Gasteiger partial charge is 0.490 e. The monoisotopic (exact) mass is 695 g/mol. The molecule has 43 heavy (non-hydrogen) atoms. The van der Waals surface area contributed by atoms with Gasteiger partial charge in [0.2, 0.25) is 5.82 Å². The van der Waals surface area contributed by atoms with Gasteiger partial charge in [0, 0.05) is 15.4 Å². The molecule has 2 aromatic heterocycles. The fraction of sp³-hybridized carbons (Fsp3) is 0.0938. The minimum absolute atomic E-state index is 0.176. The molecule has 6 aromatic rings. The summed E-state index contributed by atoms with van der Waals surface area (Å²) in [5, 5.41) is 7.00. The van der Waals surface area contributed by atoms with Crippen LogP contribution in [0.4, 0.5) is 0 Å². The molecule has 0 unspecified atom stereocenters. The van der Waals surface area contributed by atoms with Gasteiger partial charge >= 0.3 is 0 Å². The summed E-state index contributed by atoms with van der Waals surface area (Å²) in [4.78, 5) is 18.4. The Morgan fingerprint density at radius 3 is 2.56 bits per heavy atom. The lowest BCUT2D eigenvalue weighted by Gasteiger charge is -2.16. The van der Waals surface area contributed by atoms with E-state index >= 15 is 0 Å². The van der Waals surface area contributed by atoms with Gasteiger partial charge in [-0.2, -0.15) is 9.78 Å². The second-order valence-electron chi connectivity index (χ2n) is 9.35. The van der Waals surface area contributed by atoms with Crippen LogP contribution in [0, 0.1) is 0 Å². The Balaban J connectivity index is 1.42. The number of benzene rings is 4. The molecule has 0 aliphatic heterocycles. The molecule has 0 radical (unpaired) electrons. The Morgan fingerprint density at radius 1 is 0.977 bits per heavy atom. The Hall–Kier alpha value is -3.82. The maximum atomic E-state index is 13.7. The molecule has 216 valence electrons. The standard InChI is InChI=1S/C32H21BrCl3N3O4/c1-2-41-26-15-20(28(33)29(36)30(26)42-17-18-11-12-22(34)23(35)13-18)16-37-39-31(27-14-19-7-3-6-10-25(19)43-27)38-24-9-5-4-8-21(24)32(39)40/h3-16H,2,17H2,1H3. The van der Waals surface area contributed by atoms with Gasteiger partial charge in [-0.3, -0.25) is 4.79 Å². The number of halogens is 4. The highest BCUT2D eigenvalue weighted by molar-refractivity contribution is 9.10. The van der Waals surface area contributed by atoms with Crippen LogP contribution < -0.4 is 15.0 Å². The minimum Gasteiger partial charge on any atom is -0.490 e. The molecular formula is C32H21BrCl3N3O4. The highest BCUT2D eigenvalue weighted by Crippen LogP contribution is 2.43. The molecule has 0 fully saturated rings. The van der Waals surface area contributed by atoms with Gasteiger partial charge in [0.1, 0.15) is 17.2 Å². The number of fused-ring (bicyclic) bond motifs is 2. The highest BCUT2D eigenvalue weighted by Gasteiger charge is 2.20. The minimum atomic E-state index is -0.355. The van der Waals surface area contributed by atoms with Gasteiger partial charge in [0.25, 0.3) is 5.56 Å². The van der Waals surface area contributed by atoms with Crippen molar-refractivity contribution >= 4 is 78.8 Å². The van der Waals surface area contributed by atoms with Crippen molar-refractivity contribution in [2.75, 3.05) is 6.61 Å². The molecule has 0 aliphatic rings. The van der Waals surface area contributed by atoms with Crippen LogP contribution in [-0.4, -0.2) is 22.5 Å². The zero-order valence-electron chi connectivity index (χ0n) is 22.5. The molecule has 0 amide bonds. The van der Waals surface area contributed by atoms with Gasteiger partial charge in [0.15, 0.2) is 17.3 Å². The number of ether oxygens (including phenoxy) is 2. The average Bonchev–Trinajstić information content (AvgIpc) is 3.45. The first-order valence-electron chi connectivity index (χ1n) is 13.1. The number of para-hydroxylation sites is 2. The number of aromatic nitrogens is 2. The van der Waals surface area contributed by atoms with Crippen LogP contribution in [0.2, 0.25) is 15.1 Å². The fourth-order valence-corrected chi connectivity index (χ4v) is 5.46. The summed E-state index contributed by atoms with van der Waals surface area (Å²) >= 11 is 22.5. The lowest BCUT2D eigenvalue weighted by atomic mass is 10.2. The molecule has 0 atom stereocenters. The first-order valence-corrected chi connectivity index (χ1v) is 15.0. The summed E-state index contributed by atoms with van der Waals surface area (Å²) in [6.45, 7) is 2.39. The van der Waals surface area contributed by atoms with Crippen LogP contribution >= 0.6 is 50.7 Å². The van der Waals surface area contributed by atoms with Crippen LogP contribution in [0.15, 0.2) is 97.6 Å². The molecule has 4 aromatic carbocycles. The van der Waals surface area contributed by atoms with Crippen LogP contribution in [0.5, 0.6) is 11.5 Å². The van der Waals surface area contributed by atoms with Crippen molar-refractivity contribution in [2.24, 2.45) is 5.10 Å². The van der Waals surface area contributed by atoms with E-state index in [0.29, 0.717) is 60.4 Å². The first-order chi connectivity index (χ1) is 20.8. The van der Waals surface area contributed by atoms with E-state index in [1.54, 1.807) is 36.4 Å². The van der Waals surface area contributed by atoms with Gasteiger partial charge in [-0.25, -0.2) is 4.98 Å². The zero-order chi connectivity index (χ0) is 30.1. The maximum absolute atomic E-state index is 13.7. The van der Waals surface area contributed by atoms with Crippen LogP contribution in [0.3, 0.4) is 0 Å². The molecule has 0 saturated heterocycles. The molecule has 0 aliphatic carbocycles. The summed E-state index contributed by atoms with van der Waals surface area (Å²) in [5.74, 6) is 1.40. The van der Waals surface area contributed by atoms with Crippen molar-refractivity contribution in [3.05, 3.63) is 120 Å². The molecular weight excluding hydrogens is 677 g/mol. The van der Waals surface area contributed by atoms with E-state index in [1.807, 2.05) is 49.4 Å². The predicted octanol–water partition coefficient (Wildman–Crippen LogP) is 9.39. The number of hydrogen-bond donors (Lipinski definition) is 0. The van der Waals surface area contributed by atoms with Gasteiger partial charge < -0.3 is 13.9 Å². The first kappa shape index (κ1) is 29.3. The Morgan fingerprint density at radius 2 is 1.77 bits per heavy atom. The van der Waals surface area contributed by atoms with Crippen molar-refractivity contribution < 1.29 is 13.9 Å². The molecule has 0 saturated carbocycles. The quantitative estimate of drug-likeness (QED) is 0.148. The third kappa shape index (κ3) is 5.88. The molecule has 0 N–H and O–H groups in total. The Kier molecular flexibility index (Phi) is 8.45. The number of rotatable bonds is 8. The van der Waals surface area contributed by atoms with Crippen molar-refractivity contribution in [3.8, 4) is 23.1 Å². The second kappa shape index (κ2) is 12.4. The van der Waals surface area contributed by atoms with E-state index in [1.165, 1.54) is 10.9 Å². The number of furan rings is 1. The summed E-state index contributed by atoms with van der Waals surface area (Å²) in [5.41, 5.74) is 2.19. The summed E-state index contributed by atoms with van der Waals surface area (Å²) in [6, 6.07) is 23.5. The number of hydrogen-bond acceptors (Lipinski definition) is 6. The molecule has 11 heteroatoms. The lowest BCUT2D eigenvalue weighted by Crippen LogP contribution is -2.20. The third-order valence-electron chi connectivity index (χ3n) is 6.53. The Bertz CT molecular complexity index is 2060. The SMILES string of the molecule is CCOc1cc(C=Nn2c(-c3cc4ccccc4o3)nc3ccccc3c2=O)c(Br)c(Cl)c1OCc1ccc(Cl)c(Cl)c1. The van der Waals surface area contributed by atoms with Crippen molar-refractivity contribution in [1.29, 1.82) is 0 Å². The zero-order valence-corrected chi connectivity index (χ0v) is 26.3. The van der Waals surface area contributed by atoms with E-state index in [4.69, 9.17) is 53.7 Å². The van der Waals surface area contributed by atoms with E-state index in [9.17, 15) is 4.79 Å². The van der Waals surface area contributed by atoms with Gasteiger partial charge in [-0.1, -0.05) is 71.2 Å². The van der Waals surface area contributed by atoms with Crippen molar-refractivity contribution in [2.45, 2.75) is 13.5 Å². The van der Waals surface area contributed by atoms with Gasteiger partial charge in [0.05, 0.1) is 33.8 Å². The molecule has 0 bridgehead atoms. The summed E-state index contributed by atoms with van der Waals surface area (Å²) in [7, 11) is 0. The predicted molar refractivity (Wildman–Crippen MR) is 175 cm³/mol. The summed E-state index contributed by atoms with van der Waals surface area (Å²) < 4.78 is 19.7. The average molecular weight is 698 g/mol. The smallest absolute Gasteiger partial charge is 0.282 e. The van der Waals surface area contributed by atoms with Gasteiger partial charge in [-0.05, 0) is 70.9 Å². The Labute approximate surface area is 269 Å². The molecule has 7 nitrogen and oxygen atoms in total. The van der Waals surface area contributed by atoms with E-state index in [2.05, 4.69) is 21.0 Å². The normalized spacial score (nSPS) is 11.6.